The van der Waals surface area contributed by atoms with Gasteiger partial charge in [0.25, 0.3) is 0 Å². The lowest BCUT2D eigenvalue weighted by atomic mass is 10.1. The van der Waals surface area contributed by atoms with Crippen molar-refractivity contribution in [3.05, 3.63) is 46.3 Å². The van der Waals surface area contributed by atoms with Gasteiger partial charge in [0.1, 0.15) is 5.82 Å². The van der Waals surface area contributed by atoms with Crippen LogP contribution < -0.4 is 15.5 Å². The predicted octanol–water partition coefficient (Wildman–Crippen LogP) is 3.78. The van der Waals surface area contributed by atoms with E-state index in [1.165, 1.54) is 10.4 Å². The molecule has 2 aromatic heterocycles. The highest BCUT2D eigenvalue weighted by Crippen LogP contribution is 2.21. The Morgan fingerprint density at radius 3 is 2.78 bits per heavy atom. The van der Waals surface area contributed by atoms with Gasteiger partial charge in [-0.1, -0.05) is 19.1 Å². The second-order valence-electron chi connectivity index (χ2n) is 7.24. The standard InChI is InChI=1S/C21H31N5S/c1-4-22-21(24-15-17(3)19-6-5-13-27-19)25-18-9-11-26(12-10-18)20-8-7-16(2)14-23-20/h5-8,13-14,17-18H,4,9-12,15H2,1-3H3,(H2,22,24,25). The zero-order valence-electron chi connectivity index (χ0n) is 16.6. The van der Waals surface area contributed by atoms with E-state index >= 15 is 0 Å². The molecule has 1 unspecified atom stereocenters. The number of anilines is 1. The summed E-state index contributed by atoms with van der Waals surface area (Å²) in [5, 5.41) is 9.16. The highest BCUT2D eigenvalue weighted by Gasteiger charge is 2.21. The molecular formula is C21H31N5S. The van der Waals surface area contributed by atoms with Crippen LogP contribution in [0, 0.1) is 6.92 Å². The van der Waals surface area contributed by atoms with Crippen LogP contribution in [-0.2, 0) is 0 Å². The number of pyridine rings is 1. The number of hydrogen-bond donors (Lipinski definition) is 2. The van der Waals surface area contributed by atoms with Crippen LogP contribution in [-0.4, -0.2) is 43.2 Å². The number of piperidine rings is 1. The first-order valence-electron chi connectivity index (χ1n) is 9.91. The topological polar surface area (TPSA) is 52.6 Å². The van der Waals surface area contributed by atoms with Crippen molar-refractivity contribution in [1.82, 2.24) is 15.6 Å². The molecule has 0 bridgehead atoms. The summed E-state index contributed by atoms with van der Waals surface area (Å²) >= 11 is 1.81. The maximum atomic E-state index is 4.83. The molecule has 3 rings (SSSR count). The van der Waals surface area contributed by atoms with E-state index in [-0.39, 0.29) is 0 Å². The zero-order valence-corrected chi connectivity index (χ0v) is 17.4. The van der Waals surface area contributed by atoms with E-state index in [2.05, 4.69) is 70.9 Å². The number of nitrogens with one attached hydrogen (secondary N) is 2. The van der Waals surface area contributed by atoms with Gasteiger partial charge in [0.15, 0.2) is 5.96 Å². The molecule has 0 aromatic carbocycles. The minimum atomic E-state index is 0.454. The van der Waals surface area contributed by atoms with Crippen LogP contribution in [0.4, 0.5) is 5.82 Å². The van der Waals surface area contributed by atoms with Gasteiger partial charge in [-0.3, -0.25) is 4.99 Å². The van der Waals surface area contributed by atoms with Crippen molar-refractivity contribution in [1.29, 1.82) is 0 Å². The van der Waals surface area contributed by atoms with Crippen molar-refractivity contribution in [3.8, 4) is 0 Å². The van der Waals surface area contributed by atoms with E-state index in [1.807, 2.05) is 17.5 Å². The molecule has 27 heavy (non-hydrogen) atoms. The fourth-order valence-electron chi connectivity index (χ4n) is 3.30. The number of nitrogens with zero attached hydrogens (tertiary/aromatic N) is 3. The molecule has 0 spiro atoms. The lowest BCUT2D eigenvalue weighted by Gasteiger charge is -2.34. The number of aryl methyl sites for hydroxylation is 1. The molecule has 2 N–H and O–H groups in total. The molecular weight excluding hydrogens is 354 g/mol. The molecule has 2 aromatic rings. The summed E-state index contributed by atoms with van der Waals surface area (Å²) in [5.74, 6) is 2.48. The zero-order chi connectivity index (χ0) is 19.1. The van der Waals surface area contributed by atoms with Crippen LogP contribution in [0.5, 0.6) is 0 Å². The van der Waals surface area contributed by atoms with E-state index < -0.39 is 0 Å². The Morgan fingerprint density at radius 1 is 1.33 bits per heavy atom. The van der Waals surface area contributed by atoms with Crippen LogP contribution in [0.15, 0.2) is 40.8 Å². The highest BCUT2D eigenvalue weighted by atomic mass is 32.1. The molecule has 1 atom stereocenters. The molecule has 1 aliphatic heterocycles. The minimum Gasteiger partial charge on any atom is -0.357 e. The van der Waals surface area contributed by atoms with Gasteiger partial charge in [-0.05, 0) is 49.8 Å². The van der Waals surface area contributed by atoms with Crippen LogP contribution in [0.3, 0.4) is 0 Å². The van der Waals surface area contributed by atoms with Crippen LogP contribution >= 0.6 is 11.3 Å². The van der Waals surface area contributed by atoms with Gasteiger partial charge in [0, 0.05) is 42.7 Å². The van der Waals surface area contributed by atoms with Crippen LogP contribution in [0.2, 0.25) is 0 Å². The maximum absolute atomic E-state index is 4.83. The maximum Gasteiger partial charge on any atom is 0.191 e. The highest BCUT2D eigenvalue weighted by molar-refractivity contribution is 7.10. The lowest BCUT2D eigenvalue weighted by Crippen LogP contribution is -2.49. The van der Waals surface area contributed by atoms with E-state index in [4.69, 9.17) is 4.99 Å². The molecule has 146 valence electrons. The molecule has 1 aliphatic rings. The first-order chi connectivity index (χ1) is 13.2. The average molecular weight is 386 g/mol. The van der Waals surface area contributed by atoms with Crippen LogP contribution in [0.1, 0.15) is 43.0 Å². The molecule has 0 saturated carbocycles. The summed E-state index contributed by atoms with van der Waals surface area (Å²) in [6.45, 7) is 10.2. The van der Waals surface area contributed by atoms with Gasteiger partial charge >= 0.3 is 0 Å². The van der Waals surface area contributed by atoms with Crippen molar-refractivity contribution in [2.24, 2.45) is 4.99 Å². The van der Waals surface area contributed by atoms with E-state index in [0.29, 0.717) is 12.0 Å². The normalized spacial score (nSPS) is 17.0. The smallest absolute Gasteiger partial charge is 0.191 e. The number of guanidine groups is 1. The summed E-state index contributed by atoms with van der Waals surface area (Å²) in [6, 6.07) is 9.03. The van der Waals surface area contributed by atoms with Gasteiger partial charge in [-0.25, -0.2) is 4.98 Å². The third kappa shape index (κ3) is 5.70. The third-order valence-electron chi connectivity index (χ3n) is 4.95. The lowest BCUT2D eigenvalue weighted by molar-refractivity contribution is 0.459. The van der Waals surface area contributed by atoms with Crippen molar-refractivity contribution < 1.29 is 0 Å². The SMILES string of the molecule is CCNC(=NCC(C)c1cccs1)NC1CCN(c2ccc(C)cn2)CC1. The van der Waals surface area contributed by atoms with Crippen molar-refractivity contribution in [2.45, 2.75) is 45.6 Å². The molecule has 0 aliphatic carbocycles. The predicted molar refractivity (Wildman–Crippen MR) is 116 cm³/mol. The molecule has 0 radical (unpaired) electrons. The number of rotatable bonds is 6. The van der Waals surface area contributed by atoms with Gasteiger partial charge in [-0.2, -0.15) is 0 Å². The van der Waals surface area contributed by atoms with Crippen molar-refractivity contribution in [3.63, 3.8) is 0 Å². The minimum absolute atomic E-state index is 0.454. The van der Waals surface area contributed by atoms with E-state index in [1.54, 1.807) is 0 Å². The van der Waals surface area contributed by atoms with Gasteiger partial charge in [0.05, 0.1) is 6.54 Å². The Labute approximate surface area is 166 Å². The molecule has 1 fully saturated rings. The summed E-state index contributed by atoms with van der Waals surface area (Å²) in [5.41, 5.74) is 1.21. The Bertz CT molecular complexity index is 703. The molecule has 3 heterocycles. The van der Waals surface area contributed by atoms with Crippen LogP contribution in [0.25, 0.3) is 0 Å². The number of aliphatic imine (C=N–C) groups is 1. The van der Waals surface area contributed by atoms with Gasteiger partial charge in [0.2, 0.25) is 0 Å². The first-order valence-corrected chi connectivity index (χ1v) is 10.8. The van der Waals surface area contributed by atoms with E-state index in [0.717, 1.165) is 50.8 Å². The van der Waals surface area contributed by atoms with Crippen molar-refractivity contribution >= 4 is 23.1 Å². The average Bonchev–Trinajstić information content (AvgIpc) is 3.22. The molecule has 1 saturated heterocycles. The summed E-state index contributed by atoms with van der Waals surface area (Å²) < 4.78 is 0. The quantitative estimate of drug-likeness (QED) is 0.587. The monoisotopic (exact) mass is 385 g/mol. The summed E-state index contributed by atoms with van der Waals surface area (Å²) in [7, 11) is 0. The van der Waals surface area contributed by atoms with Crippen molar-refractivity contribution in [2.75, 3.05) is 31.1 Å². The summed E-state index contributed by atoms with van der Waals surface area (Å²) in [6.07, 6.45) is 4.14. The fraction of sp³-hybridized carbons (Fsp3) is 0.524. The Balaban J connectivity index is 1.51. The van der Waals surface area contributed by atoms with Gasteiger partial charge in [-0.15, -0.1) is 11.3 Å². The Hall–Kier alpha value is -2.08. The van der Waals surface area contributed by atoms with E-state index in [9.17, 15) is 0 Å². The second-order valence-corrected chi connectivity index (χ2v) is 8.21. The number of hydrogen-bond acceptors (Lipinski definition) is 4. The Kier molecular flexibility index (Phi) is 7.10. The van der Waals surface area contributed by atoms with Gasteiger partial charge < -0.3 is 15.5 Å². The second kappa shape index (κ2) is 9.74. The molecule has 6 heteroatoms. The molecule has 5 nitrogen and oxygen atoms in total. The Morgan fingerprint density at radius 2 is 2.15 bits per heavy atom. The largest absolute Gasteiger partial charge is 0.357 e. The first kappa shape index (κ1) is 19.7. The number of thiophene rings is 1. The fourth-order valence-corrected chi connectivity index (χ4v) is 4.08. The summed E-state index contributed by atoms with van der Waals surface area (Å²) in [4.78, 5) is 13.2. The number of aromatic nitrogens is 1. The third-order valence-corrected chi connectivity index (χ3v) is 6.06. The molecule has 0 amide bonds.